The Morgan fingerprint density at radius 3 is 2.39 bits per heavy atom. The molecule has 0 aliphatic carbocycles. The Balaban J connectivity index is 1.97. The fourth-order valence-electron chi connectivity index (χ4n) is 2.41. The number of alkyl halides is 3. The first kappa shape index (κ1) is 19.9. The molecule has 9 heteroatoms. The standard InChI is InChI=1S/C19H17ClF3N5/c1-11(2)25-18-27-16(15-5-3-4-8-24-15)10-17(28-18)26-14-7-6-12(9-13(14)20)19(21,22)23/h3-11H,1-2H3,(H2,25,26,27,28). The third-order valence-electron chi connectivity index (χ3n) is 3.63. The molecule has 3 aromatic rings. The Kier molecular flexibility index (Phi) is 5.69. The van der Waals surface area contributed by atoms with Crippen LogP contribution in [0.15, 0.2) is 48.7 Å². The van der Waals surface area contributed by atoms with E-state index in [2.05, 4.69) is 25.6 Å². The van der Waals surface area contributed by atoms with E-state index in [1.165, 1.54) is 6.07 Å². The van der Waals surface area contributed by atoms with Crippen LogP contribution in [-0.2, 0) is 6.18 Å². The smallest absolute Gasteiger partial charge is 0.352 e. The van der Waals surface area contributed by atoms with E-state index in [-0.39, 0.29) is 11.1 Å². The quantitative estimate of drug-likeness (QED) is 0.561. The highest BCUT2D eigenvalue weighted by atomic mass is 35.5. The Morgan fingerprint density at radius 2 is 1.79 bits per heavy atom. The highest BCUT2D eigenvalue weighted by molar-refractivity contribution is 6.33. The molecule has 2 aromatic heterocycles. The second-order valence-electron chi connectivity index (χ2n) is 6.29. The molecule has 0 bridgehead atoms. The van der Waals surface area contributed by atoms with E-state index >= 15 is 0 Å². The molecule has 0 unspecified atom stereocenters. The summed E-state index contributed by atoms with van der Waals surface area (Å²) in [5.74, 6) is 0.740. The van der Waals surface area contributed by atoms with Gasteiger partial charge in [0.15, 0.2) is 0 Å². The summed E-state index contributed by atoms with van der Waals surface area (Å²) in [5, 5.41) is 6.01. The van der Waals surface area contributed by atoms with Gasteiger partial charge in [-0.3, -0.25) is 4.98 Å². The number of hydrogen-bond donors (Lipinski definition) is 2. The van der Waals surface area contributed by atoms with Crippen molar-refractivity contribution in [3.05, 3.63) is 59.2 Å². The van der Waals surface area contributed by atoms with Gasteiger partial charge in [0, 0.05) is 18.3 Å². The van der Waals surface area contributed by atoms with Crippen molar-refractivity contribution in [2.45, 2.75) is 26.1 Å². The first-order chi connectivity index (χ1) is 13.2. The van der Waals surface area contributed by atoms with Crippen molar-refractivity contribution in [2.75, 3.05) is 10.6 Å². The topological polar surface area (TPSA) is 62.7 Å². The average Bonchev–Trinajstić information content (AvgIpc) is 2.62. The zero-order valence-electron chi connectivity index (χ0n) is 15.0. The number of nitrogens with zero attached hydrogens (tertiary/aromatic N) is 3. The zero-order chi connectivity index (χ0) is 20.3. The molecular formula is C19H17ClF3N5. The van der Waals surface area contributed by atoms with Gasteiger partial charge >= 0.3 is 6.18 Å². The molecule has 3 rings (SSSR count). The van der Waals surface area contributed by atoms with Gasteiger partial charge < -0.3 is 10.6 Å². The number of nitrogens with one attached hydrogen (secondary N) is 2. The fraction of sp³-hybridized carbons (Fsp3) is 0.211. The number of rotatable bonds is 5. The van der Waals surface area contributed by atoms with E-state index in [9.17, 15) is 13.2 Å². The van der Waals surface area contributed by atoms with Gasteiger partial charge in [-0.1, -0.05) is 17.7 Å². The maximum atomic E-state index is 12.8. The van der Waals surface area contributed by atoms with Crippen LogP contribution in [-0.4, -0.2) is 21.0 Å². The lowest BCUT2D eigenvalue weighted by Gasteiger charge is -2.14. The molecule has 1 aromatic carbocycles. The number of hydrogen-bond acceptors (Lipinski definition) is 5. The summed E-state index contributed by atoms with van der Waals surface area (Å²) in [6.07, 6.45) is -2.82. The van der Waals surface area contributed by atoms with E-state index < -0.39 is 11.7 Å². The van der Waals surface area contributed by atoms with Gasteiger partial charge in [-0.2, -0.15) is 18.2 Å². The van der Waals surface area contributed by atoms with E-state index in [0.29, 0.717) is 28.8 Å². The molecule has 28 heavy (non-hydrogen) atoms. The minimum absolute atomic E-state index is 0.0637. The second kappa shape index (κ2) is 8.02. The van der Waals surface area contributed by atoms with Crippen LogP contribution in [0.1, 0.15) is 19.4 Å². The van der Waals surface area contributed by atoms with E-state index in [0.717, 1.165) is 12.1 Å². The van der Waals surface area contributed by atoms with Crippen LogP contribution in [0.3, 0.4) is 0 Å². The minimum Gasteiger partial charge on any atom is -0.352 e. The van der Waals surface area contributed by atoms with Crippen molar-refractivity contribution in [1.29, 1.82) is 0 Å². The van der Waals surface area contributed by atoms with Crippen LogP contribution in [0.4, 0.5) is 30.6 Å². The third-order valence-corrected chi connectivity index (χ3v) is 3.94. The van der Waals surface area contributed by atoms with Crippen LogP contribution < -0.4 is 10.6 Å². The summed E-state index contributed by atoms with van der Waals surface area (Å²) in [6, 6.07) is 10.3. The maximum absolute atomic E-state index is 12.8. The highest BCUT2D eigenvalue weighted by Gasteiger charge is 2.30. The largest absolute Gasteiger partial charge is 0.416 e. The zero-order valence-corrected chi connectivity index (χ0v) is 15.8. The summed E-state index contributed by atoms with van der Waals surface area (Å²) >= 11 is 6.03. The molecule has 146 valence electrons. The van der Waals surface area contributed by atoms with E-state index in [1.807, 2.05) is 19.9 Å². The van der Waals surface area contributed by atoms with Crippen LogP contribution in [0.2, 0.25) is 5.02 Å². The highest BCUT2D eigenvalue weighted by Crippen LogP contribution is 2.35. The second-order valence-corrected chi connectivity index (χ2v) is 6.70. The SMILES string of the molecule is CC(C)Nc1nc(Nc2ccc(C(F)(F)F)cc2Cl)cc(-c2ccccn2)n1. The van der Waals surface area contributed by atoms with Crippen LogP contribution in [0.25, 0.3) is 11.4 Å². The fourth-order valence-corrected chi connectivity index (χ4v) is 2.64. The molecule has 2 N–H and O–H groups in total. The summed E-state index contributed by atoms with van der Waals surface area (Å²) in [6.45, 7) is 3.88. The van der Waals surface area contributed by atoms with Gasteiger partial charge in [-0.25, -0.2) is 4.98 Å². The molecule has 2 heterocycles. The van der Waals surface area contributed by atoms with Crippen molar-refractivity contribution in [2.24, 2.45) is 0 Å². The summed E-state index contributed by atoms with van der Waals surface area (Å²) < 4.78 is 38.5. The molecule has 0 saturated carbocycles. The monoisotopic (exact) mass is 407 g/mol. The molecule has 0 radical (unpaired) electrons. The predicted molar refractivity (Wildman–Crippen MR) is 104 cm³/mol. The number of benzene rings is 1. The van der Waals surface area contributed by atoms with Crippen molar-refractivity contribution in [3.63, 3.8) is 0 Å². The molecule has 5 nitrogen and oxygen atoms in total. The predicted octanol–water partition coefficient (Wildman–Crippen LogP) is 5.77. The van der Waals surface area contributed by atoms with Gasteiger partial charge in [0.25, 0.3) is 0 Å². The molecule has 0 aliphatic heterocycles. The van der Waals surface area contributed by atoms with Gasteiger partial charge in [-0.05, 0) is 44.2 Å². The van der Waals surface area contributed by atoms with E-state index in [1.54, 1.807) is 24.4 Å². The number of pyridine rings is 1. The molecule has 0 spiro atoms. The Labute approximate surface area is 165 Å². The number of aromatic nitrogens is 3. The lowest BCUT2D eigenvalue weighted by Crippen LogP contribution is -2.13. The minimum atomic E-state index is -4.46. The molecule has 0 aliphatic rings. The van der Waals surface area contributed by atoms with Crippen LogP contribution in [0.5, 0.6) is 0 Å². The lowest BCUT2D eigenvalue weighted by atomic mass is 10.2. The molecule has 0 saturated heterocycles. The van der Waals surface area contributed by atoms with Gasteiger partial charge in [0.1, 0.15) is 5.82 Å². The summed E-state index contributed by atoms with van der Waals surface area (Å²) in [4.78, 5) is 13.1. The molecule has 0 fully saturated rings. The number of halogens is 4. The molecular weight excluding hydrogens is 391 g/mol. The van der Waals surface area contributed by atoms with Crippen LogP contribution in [0, 0.1) is 0 Å². The third kappa shape index (κ3) is 4.89. The Hall–Kier alpha value is -2.87. The van der Waals surface area contributed by atoms with Crippen molar-refractivity contribution < 1.29 is 13.2 Å². The van der Waals surface area contributed by atoms with Gasteiger partial charge in [0.2, 0.25) is 5.95 Å². The van der Waals surface area contributed by atoms with Gasteiger partial charge in [-0.15, -0.1) is 0 Å². The lowest BCUT2D eigenvalue weighted by molar-refractivity contribution is -0.137. The Morgan fingerprint density at radius 1 is 1.00 bits per heavy atom. The normalized spacial score (nSPS) is 11.5. The van der Waals surface area contributed by atoms with Crippen molar-refractivity contribution in [1.82, 2.24) is 15.0 Å². The van der Waals surface area contributed by atoms with E-state index in [4.69, 9.17) is 11.6 Å². The first-order valence-electron chi connectivity index (χ1n) is 8.43. The maximum Gasteiger partial charge on any atom is 0.416 e. The number of anilines is 3. The van der Waals surface area contributed by atoms with Gasteiger partial charge in [0.05, 0.1) is 27.7 Å². The van der Waals surface area contributed by atoms with Crippen LogP contribution >= 0.6 is 11.6 Å². The molecule has 0 atom stereocenters. The van der Waals surface area contributed by atoms with Crippen molar-refractivity contribution in [3.8, 4) is 11.4 Å². The molecule has 0 amide bonds. The summed E-state index contributed by atoms with van der Waals surface area (Å²) in [5.41, 5.74) is 0.681. The summed E-state index contributed by atoms with van der Waals surface area (Å²) in [7, 11) is 0. The average molecular weight is 408 g/mol. The first-order valence-corrected chi connectivity index (χ1v) is 8.81. The van der Waals surface area contributed by atoms with Crippen molar-refractivity contribution >= 4 is 29.1 Å². The Bertz CT molecular complexity index is 962.